The maximum atomic E-state index is 9.46. The highest BCUT2D eigenvalue weighted by Crippen LogP contribution is 2.14. The fraction of sp³-hybridized carbons (Fsp3) is 0.500. The zero-order chi connectivity index (χ0) is 10.9. The molecule has 1 aromatic rings. The molecule has 1 rings (SSSR count). The van der Waals surface area contributed by atoms with Crippen molar-refractivity contribution in [2.45, 2.75) is 26.4 Å². The first-order chi connectivity index (χ1) is 6.31. The lowest BCUT2D eigenvalue weighted by molar-refractivity contribution is 0.143. The fourth-order valence-corrected chi connectivity index (χ4v) is 1.57. The highest BCUT2D eigenvalue weighted by molar-refractivity contribution is 14.1. The Morgan fingerprint density at radius 2 is 2.07 bits per heavy atom. The molecule has 0 atom stereocenters. The van der Waals surface area contributed by atoms with E-state index in [1.165, 1.54) is 0 Å². The lowest BCUT2D eigenvalue weighted by Crippen LogP contribution is -2.14. The minimum Gasteiger partial charge on any atom is -0.378 e. The summed E-state index contributed by atoms with van der Waals surface area (Å²) < 4.78 is 2.78. The Kier molecular flexibility index (Phi) is 3.22. The molecule has 3 nitrogen and oxygen atoms in total. The van der Waals surface area contributed by atoms with Crippen molar-refractivity contribution in [1.29, 1.82) is 0 Å². The van der Waals surface area contributed by atoms with E-state index in [4.69, 9.17) is 0 Å². The second-order valence-corrected chi connectivity index (χ2v) is 4.76. The van der Waals surface area contributed by atoms with Gasteiger partial charge in [0, 0.05) is 7.05 Å². The van der Waals surface area contributed by atoms with Crippen molar-refractivity contribution in [3.63, 3.8) is 0 Å². The summed E-state index contributed by atoms with van der Waals surface area (Å²) in [7, 11) is 1.85. The molecule has 0 aromatic carbocycles. The Morgan fingerprint density at radius 3 is 2.43 bits per heavy atom. The molecule has 0 saturated heterocycles. The molecule has 0 radical (unpaired) electrons. The quantitative estimate of drug-likeness (QED) is 0.582. The molecule has 0 bridgehead atoms. The zero-order valence-corrected chi connectivity index (χ0v) is 10.9. The van der Waals surface area contributed by atoms with Gasteiger partial charge in [-0.25, -0.2) is 0 Å². The van der Waals surface area contributed by atoms with Crippen LogP contribution >= 0.6 is 22.6 Å². The Labute approximate surface area is 97.6 Å². The van der Waals surface area contributed by atoms with E-state index < -0.39 is 5.60 Å². The fourth-order valence-electron chi connectivity index (χ4n) is 0.980. The number of hydrogen-bond donors (Lipinski definition) is 1. The second kappa shape index (κ2) is 3.91. The van der Waals surface area contributed by atoms with E-state index in [0.29, 0.717) is 0 Å². The molecule has 4 heteroatoms. The Bertz CT molecular complexity index is 404. The van der Waals surface area contributed by atoms with E-state index in [0.717, 1.165) is 15.0 Å². The lowest BCUT2D eigenvalue weighted by atomic mass is 10.1. The molecule has 1 heterocycles. The summed E-state index contributed by atoms with van der Waals surface area (Å²) in [4.78, 5) is 0. The van der Waals surface area contributed by atoms with Crippen LogP contribution in [0.25, 0.3) is 0 Å². The van der Waals surface area contributed by atoms with Crippen molar-refractivity contribution in [3.8, 4) is 11.8 Å². The number of rotatable bonds is 0. The van der Waals surface area contributed by atoms with Crippen LogP contribution in [0.3, 0.4) is 0 Å². The maximum Gasteiger partial charge on any atom is 0.124 e. The van der Waals surface area contributed by atoms with Crippen molar-refractivity contribution in [2.24, 2.45) is 7.05 Å². The molecule has 0 aliphatic carbocycles. The molecule has 0 fully saturated rings. The molecule has 0 unspecified atom stereocenters. The summed E-state index contributed by atoms with van der Waals surface area (Å²) in [6, 6.07) is 0. The molecule has 0 aliphatic heterocycles. The molecule has 0 spiro atoms. The van der Waals surface area contributed by atoms with Crippen LogP contribution in [0.1, 0.15) is 25.2 Å². The number of aryl methyl sites for hydroxylation is 2. The van der Waals surface area contributed by atoms with Crippen LogP contribution in [-0.2, 0) is 7.05 Å². The number of halogens is 1. The van der Waals surface area contributed by atoms with Crippen molar-refractivity contribution < 1.29 is 5.11 Å². The molecule has 1 N–H and O–H groups in total. The van der Waals surface area contributed by atoms with E-state index >= 15 is 0 Å². The molecule has 14 heavy (non-hydrogen) atoms. The van der Waals surface area contributed by atoms with Gasteiger partial charge in [0.05, 0.1) is 9.26 Å². The maximum absolute atomic E-state index is 9.46. The SMILES string of the molecule is Cc1nn(C)c(C#CC(C)(C)O)c1I. The van der Waals surface area contributed by atoms with Crippen LogP contribution < -0.4 is 0 Å². The molecule has 1 aromatic heterocycles. The van der Waals surface area contributed by atoms with Gasteiger partial charge >= 0.3 is 0 Å². The molecule has 0 amide bonds. The lowest BCUT2D eigenvalue weighted by Gasteiger charge is -2.05. The van der Waals surface area contributed by atoms with E-state index in [-0.39, 0.29) is 0 Å². The van der Waals surface area contributed by atoms with Crippen molar-refractivity contribution >= 4 is 22.6 Å². The van der Waals surface area contributed by atoms with E-state index in [1.807, 2.05) is 14.0 Å². The van der Waals surface area contributed by atoms with Gasteiger partial charge < -0.3 is 5.11 Å². The van der Waals surface area contributed by atoms with Crippen LogP contribution in [0.4, 0.5) is 0 Å². The largest absolute Gasteiger partial charge is 0.378 e. The van der Waals surface area contributed by atoms with Gasteiger partial charge in [0.2, 0.25) is 0 Å². The zero-order valence-electron chi connectivity index (χ0n) is 8.72. The predicted molar refractivity (Wildman–Crippen MR) is 63.8 cm³/mol. The minimum absolute atomic E-state index is 0.852. The van der Waals surface area contributed by atoms with Crippen LogP contribution in [0, 0.1) is 22.3 Å². The minimum atomic E-state index is -0.957. The third kappa shape index (κ3) is 2.72. The topological polar surface area (TPSA) is 38.0 Å². The number of aromatic nitrogens is 2. The van der Waals surface area contributed by atoms with Crippen molar-refractivity contribution in [2.75, 3.05) is 0 Å². The monoisotopic (exact) mass is 304 g/mol. The van der Waals surface area contributed by atoms with Crippen LogP contribution in [0.15, 0.2) is 0 Å². The first-order valence-electron chi connectivity index (χ1n) is 4.26. The third-order valence-corrected chi connectivity index (χ3v) is 2.93. The van der Waals surface area contributed by atoms with Gasteiger partial charge in [0.25, 0.3) is 0 Å². The van der Waals surface area contributed by atoms with Crippen molar-refractivity contribution in [3.05, 3.63) is 15.0 Å². The number of aliphatic hydroxyl groups is 1. The Morgan fingerprint density at radius 1 is 1.50 bits per heavy atom. The highest BCUT2D eigenvalue weighted by atomic mass is 127. The van der Waals surface area contributed by atoms with Crippen molar-refractivity contribution in [1.82, 2.24) is 9.78 Å². The summed E-state index contributed by atoms with van der Waals surface area (Å²) in [6.07, 6.45) is 0. The van der Waals surface area contributed by atoms with Gasteiger partial charge in [-0.05, 0) is 49.3 Å². The van der Waals surface area contributed by atoms with E-state index in [2.05, 4.69) is 39.5 Å². The summed E-state index contributed by atoms with van der Waals surface area (Å²) in [5.41, 5.74) is 0.861. The van der Waals surface area contributed by atoms with Gasteiger partial charge in [0.15, 0.2) is 0 Å². The molecule has 0 saturated carbocycles. The van der Waals surface area contributed by atoms with Crippen LogP contribution in [0.2, 0.25) is 0 Å². The first-order valence-corrected chi connectivity index (χ1v) is 5.34. The average Bonchev–Trinajstić information content (AvgIpc) is 2.23. The highest BCUT2D eigenvalue weighted by Gasteiger charge is 2.10. The molecular weight excluding hydrogens is 291 g/mol. The van der Waals surface area contributed by atoms with Gasteiger partial charge in [-0.15, -0.1) is 0 Å². The number of nitrogens with zero attached hydrogens (tertiary/aromatic N) is 2. The average molecular weight is 304 g/mol. The predicted octanol–water partition coefficient (Wildman–Crippen LogP) is 1.46. The van der Waals surface area contributed by atoms with E-state index in [9.17, 15) is 5.11 Å². The number of hydrogen-bond acceptors (Lipinski definition) is 2. The standard InChI is InChI=1S/C10H13IN2O/c1-7-9(11)8(13(4)12-7)5-6-10(2,3)14/h14H,1-4H3. The molecule has 0 aliphatic rings. The van der Waals surface area contributed by atoms with Gasteiger partial charge in [-0.1, -0.05) is 5.92 Å². The van der Waals surface area contributed by atoms with Gasteiger partial charge in [-0.3, -0.25) is 4.68 Å². The summed E-state index contributed by atoms with van der Waals surface area (Å²) >= 11 is 2.21. The molecular formula is C10H13IN2O. The third-order valence-electron chi connectivity index (χ3n) is 1.64. The first kappa shape index (κ1) is 11.5. The Hall–Kier alpha value is -0.540. The Balaban J connectivity index is 3.13. The molecule has 76 valence electrons. The van der Waals surface area contributed by atoms with Gasteiger partial charge in [-0.2, -0.15) is 5.10 Å². The summed E-state index contributed by atoms with van der Waals surface area (Å²) in [6.45, 7) is 5.27. The smallest absolute Gasteiger partial charge is 0.124 e. The second-order valence-electron chi connectivity index (χ2n) is 3.68. The summed E-state index contributed by atoms with van der Waals surface area (Å²) in [5, 5.41) is 13.7. The van der Waals surface area contributed by atoms with Crippen LogP contribution in [-0.4, -0.2) is 20.5 Å². The summed E-state index contributed by atoms with van der Waals surface area (Å²) in [5.74, 6) is 5.71. The normalized spacial score (nSPS) is 11.0. The van der Waals surface area contributed by atoms with Crippen LogP contribution in [0.5, 0.6) is 0 Å². The van der Waals surface area contributed by atoms with E-state index in [1.54, 1.807) is 18.5 Å². The van der Waals surface area contributed by atoms with Gasteiger partial charge in [0.1, 0.15) is 11.3 Å².